The van der Waals surface area contributed by atoms with E-state index in [0.29, 0.717) is 21.4 Å². The van der Waals surface area contributed by atoms with Crippen LogP contribution in [-0.4, -0.2) is 31.0 Å². The lowest BCUT2D eigenvalue weighted by molar-refractivity contribution is -0.113. The van der Waals surface area contributed by atoms with Gasteiger partial charge in [-0.25, -0.2) is 4.98 Å². The zero-order chi connectivity index (χ0) is 16.1. The van der Waals surface area contributed by atoms with Crippen LogP contribution in [0.3, 0.4) is 0 Å². The molecule has 0 saturated heterocycles. The number of amides is 2. The largest absolute Gasteiger partial charge is 0.486 e. The number of benzene rings is 1. The molecule has 2 amide bonds. The Kier molecular flexibility index (Phi) is 4.90. The van der Waals surface area contributed by atoms with Crippen LogP contribution in [0, 0.1) is 0 Å². The first-order valence-electron chi connectivity index (χ1n) is 6.36. The highest BCUT2D eigenvalue weighted by molar-refractivity contribution is 7.17. The number of rotatable bonds is 5. The average molecular weight is 317 g/mol. The van der Waals surface area contributed by atoms with Crippen LogP contribution >= 0.6 is 11.3 Å². The van der Waals surface area contributed by atoms with Crippen LogP contribution in [-0.2, 0) is 4.79 Å². The Balaban J connectivity index is 2.07. The second-order valence-electron chi connectivity index (χ2n) is 4.29. The summed E-state index contributed by atoms with van der Waals surface area (Å²) in [4.78, 5) is 29.1. The smallest absolute Gasteiger partial charge is 0.257 e. The maximum atomic E-state index is 12.1. The fourth-order valence-electron chi connectivity index (χ4n) is 1.68. The molecule has 0 bridgehead atoms. The first-order chi connectivity index (χ1) is 10.5. The van der Waals surface area contributed by atoms with Crippen LogP contribution in [0.2, 0.25) is 0 Å². The lowest BCUT2D eigenvalue weighted by Gasteiger charge is -2.15. The van der Waals surface area contributed by atoms with Gasteiger partial charge in [-0.1, -0.05) is 17.9 Å². The van der Waals surface area contributed by atoms with E-state index in [1.165, 1.54) is 22.3 Å². The van der Waals surface area contributed by atoms with E-state index < -0.39 is 0 Å². The van der Waals surface area contributed by atoms with Crippen molar-refractivity contribution in [3.8, 4) is 5.06 Å². The van der Waals surface area contributed by atoms with E-state index >= 15 is 0 Å². The molecule has 1 heterocycles. The molecule has 2 aromatic rings. The van der Waals surface area contributed by atoms with Gasteiger partial charge in [-0.2, -0.15) is 0 Å². The van der Waals surface area contributed by atoms with Crippen molar-refractivity contribution in [2.24, 2.45) is 0 Å². The highest BCUT2D eigenvalue weighted by atomic mass is 32.1. The molecule has 0 saturated carbocycles. The van der Waals surface area contributed by atoms with Crippen molar-refractivity contribution in [3.63, 3.8) is 0 Å². The molecular weight excluding hydrogens is 302 g/mol. The molecule has 0 spiro atoms. The standard InChI is InChI=1S/C15H15N3O3S/c1-4-12(19)18(2)11-7-5-10(6-8-11)14(20)17-15-16-9-13(21-3)22-15/h4-9H,1H2,2-3H3,(H,16,17,20). The maximum absolute atomic E-state index is 12.1. The second-order valence-corrected chi connectivity index (χ2v) is 5.28. The summed E-state index contributed by atoms with van der Waals surface area (Å²) in [5.41, 5.74) is 1.15. The van der Waals surface area contributed by atoms with E-state index in [1.54, 1.807) is 44.6 Å². The molecule has 22 heavy (non-hydrogen) atoms. The SMILES string of the molecule is C=CC(=O)N(C)c1ccc(C(=O)Nc2ncc(OC)s2)cc1. The van der Waals surface area contributed by atoms with Gasteiger partial charge in [0.15, 0.2) is 10.2 Å². The Hall–Kier alpha value is -2.67. The Morgan fingerprint density at radius 3 is 2.59 bits per heavy atom. The average Bonchev–Trinajstić information content (AvgIpc) is 3.01. The fourth-order valence-corrected chi connectivity index (χ4v) is 2.31. The lowest BCUT2D eigenvalue weighted by Crippen LogP contribution is -2.23. The van der Waals surface area contributed by atoms with Gasteiger partial charge in [0.1, 0.15) is 0 Å². The molecule has 0 fully saturated rings. The van der Waals surface area contributed by atoms with Crippen LogP contribution in [0.5, 0.6) is 5.06 Å². The number of carbonyl (C=O) groups excluding carboxylic acids is 2. The van der Waals surface area contributed by atoms with Crippen molar-refractivity contribution in [2.75, 3.05) is 24.4 Å². The third kappa shape index (κ3) is 3.50. The summed E-state index contributed by atoms with van der Waals surface area (Å²) in [6.07, 6.45) is 2.77. The number of carbonyl (C=O) groups is 2. The molecule has 1 aromatic heterocycles. The maximum Gasteiger partial charge on any atom is 0.257 e. The molecule has 7 heteroatoms. The second kappa shape index (κ2) is 6.86. The number of hydrogen-bond donors (Lipinski definition) is 1. The Morgan fingerprint density at radius 1 is 1.36 bits per heavy atom. The van der Waals surface area contributed by atoms with E-state index in [-0.39, 0.29) is 11.8 Å². The molecule has 0 aliphatic heterocycles. The van der Waals surface area contributed by atoms with Crippen molar-refractivity contribution in [2.45, 2.75) is 0 Å². The minimum atomic E-state index is -0.277. The van der Waals surface area contributed by atoms with Crippen molar-refractivity contribution >= 4 is 34.0 Å². The van der Waals surface area contributed by atoms with Gasteiger partial charge in [0.2, 0.25) is 5.91 Å². The number of aromatic nitrogens is 1. The van der Waals surface area contributed by atoms with E-state index in [4.69, 9.17) is 4.74 Å². The van der Waals surface area contributed by atoms with Crippen LogP contribution in [0.1, 0.15) is 10.4 Å². The summed E-state index contributed by atoms with van der Waals surface area (Å²) < 4.78 is 5.02. The predicted octanol–water partition coefficient (Wildman–Crippen LogP) is 2.55. The lowest BCUT2D eigenvalue weighted by atomic mass is 10.2. The van der Waals surface area contributed by atoms with E-state index in [1.807, 2.05) is 0 Å². The highest BCUT2D eigenvalue weighted by Crippen LogP contribution is 2.25. The number of likely N-dealkylation sites (N-methyl/N-ethyl adjacent to an activating group) is 1. The molecule has 6 nitrogen and oxygen atoms in total. The minimum absolute atomic E-state index is 0.216. The Morgan fingerprint density at radius 2 is 2.05 bits per heavy atom. The number of ether oxygens (including phenoxy) is 1. The molecular formula is C15H15N3O3S. The van der Waals surface area contributed by atoms with Gasteiger partial charge in [0.25, 0.3) is 5.91 Å². The van der Waals surface area contributed by atoms with Crippen LogP contribution in [0.4, 0.5) is 10.8 Å². The van der Waals surface area contributed by atoms with Crippen molar-refractivity contribution < 1.29 is 14.3 Å². The van der Waals surface area contributed by atoms with Crippen molar-refractivity contribution in [1.29, 1.82) is 0 Å². The summed E-state index contributed by atoms with van der Waals surface area (Å²) in [5, 5.41) is 3.77. The number of hydrogen-bond acceptors (Lipinski definition) is 5. The third-order valence-corrected chi connectivity index (χ3v) is 3.80. The summed E-state index contributed by atoms with van der Waals surface area (Å²) in [6.45, 7) is 3.44. The number of nitrogens with zero attached hydrogens (tertiary/aromatic N) is 2. The Bertz CT molecular complexity index is 694. The summed E-state index contributed by atoms with van der Waals surface area (Å²) >= 11 is 1.24. The first kappa shape index (κ1) is 15.7. The predicted molar refractivity (Wildman–Crippen MR) is 86.7 cm³/mol. The zero-order valence-corrected chi connectivity index (χ0v) is 13.0. The van der Waals surface area contributed by atoms with Crippen molar-refractivity contribution in [1.82, 2.24) is 4.98 Å². The van der Waals surface area contributed by atoms with Gasteiger partial charge in [-0.3, -0.25) is 14.9 Å². The summed E-state index contributed by atoms with van der Waals surface area (Å²) in [6, 6.07) is 6.67. The molecule has 1 N–H and O–H groups in total. The normalized spacial score (nSPS) is 9.91. The third-order valence-electron chi connectivity index (χ3n) is 2.93. The van der Waals surface area contributed by atoms with Gasteiger partial charge >= 0.3 is 0 Å². The quantitative estimate of drug-likeness (QED) is 0.860. The van der Waals surface area contributed by atoms with E-state index in [9.17, 15) is 9.59 Å². The number of thiazole rings is 1. The first-order valence-corrected chi connectivity index (χ1v) is 7.18. The van der Waals surface area contributed by atoms with Gasteiger partial charge in [-0.05, 0) is 30.3 Å². The molecule has 0 unspecified atom stereocenters. The monoisotopic (exact) mass is 317 g/mol. The van der Waals surface area contributed by atoms with E-state index in [2.05, 4.69) is 16.9 Å². The Labute approximate surface area is 132 Å². The number of nitrogens with one attached hydrogen (secondary N) is 1. The van der Waals surface area contributed by atoms with Gasteiger partial charge in [0.05, 0.1) is 13.3 Å². The molecule has 1 aromatic carbocycles. The van der Waals surface area contributed by atoms with Crippen LogP contribution < -0.4 is 15.0 Å². The molecule has 0 radical (unpaired) electrons. The van der Waals surface area contributed by atoms with Gasteiger partial charge < -0.3 is 9.64 Å². The minimum Gasteiger partial charge on any atom is -0.486 e. The van der Waals surface area contributed by atoms with E-state index in [0.717, 1.165) is 0 Å². The summed E-state index contributed by atoms with van der Waals surface area (Å²) in [5.74, 6) is -0.492. The van der Waals surface area contributed by atoms with Crippen LogP contribution in [0.15, 0.2) is 43.1 Å². The fraction of sp³-hybridized carbons (Fsp3) is 0.133. The number of anilines is 2. The van der Waals surface area contributed by atoms with Crippen LogP contribution in [0.25, 0.3) is 0 Å². The molecule has 0 atom stereocenters. The topological polar surface area (TPSA) is 71.5 Å². The van der Waals surface area contributed by atoms with Gasteiger partial charge in [-0.15, -0.1) is 0 Å². The molecule has 0 aliphatic carbocycles. The highest BCUT2D eigenvalue weighted by Gasteiger charge is 2.11. The zero-order valence-electron chi connectivity index (χ0n) is 12.2. The van der Waals surface area contributed by atoms with Gasteiger partial charge in [0, 0.05) is 18.3 Å². The molecule has 114 valence electrons. The molecule has 0 aliphatic rings. The number of methoxy groups -OCH3 is 1. The van der Waals surface area contributed by atoms with Crippen molar-refractivity contribution in [3.05, 3.63) is 48.7 Å². The molecule has 2 rings (SSSR count). The summed E-state index contributed by atoms with van der Waals surface area (Å²) in [7, 11) is 3.18.